The van der Waals surface area contributed by atoms with Gasteiger partial charge in [-0.2, -0.15) is 0 Å². The van der Waals surface area contributed by atoms with Crippen molar-refractivity contribution in [2.75, 3.05) is 26.7 Å². The Morgan fingerprint density at radius 3 is 2.65 bits per heavy atom. The number of ether oxygens (including phenoxy) is 1. The smallest absolute Gasteiger partial charge is 0.270 e. The molecule has 2 heterocycles. The molecule has 8 nitrogen and oxygen atoms in total. The summed E-state index contributed by atoms with van der Waals surface area (Å²) in [6, 6.07) is 11.9. The fourth-order valence-electron chi connectivity index (χ4n) is 4.22. The number of hydrogen-bond acceptors (Lipinski definition) is 6. The van der Waals surface area contributed by atoms with Gasteiger partial charge in [-0.05, 0) is 38.6 Å². The minimum absolute atomic E-state index is 0.00343. The molecule has 1 amide bonds. The van der Waals surface area contributed by atoms with Crippen LogP contribution in [-0.4, -0.2) is 58.1 Å². The first-order valence-electron chi connectivity index (χ1n) is 10.1. The summed E-state index contributed by atoms with van der Waals surface area (Å²) in [4.78, 5) is 28.0. The first kappa shape index (κ1) is 21.0. The monoisotopic (exact) mass is 423 g/mol. The summed E-state index contributed by atoms with van der Waals surface area (Å²) in [5, 5.41) is 20.8. The van der Waals surface area contributed by atoms with Crippen LogP contribution in [0.15, 0.2) is 48.0 Å². The van der Waals surface area contributed by atoms with Crippen LogP contribution >= 0.6 is 0 Å². The summed E-state index contributed by atoms with van der Waals surface area (Å²) < 4.78 is 6.24. The Bertz CT molecular complexity index is 1090. The van der Waals surface area contributed by atoms with Gasteiger partial charge in [0.2, 0.25) is 0 Å². The maximum atomic E-state index is 13.4. The van der Waals surface area contributed by atoms with E-state index in [9.17, 15) is 20.0 Å². The maximum absolute atomic E-state index is 13.4. The number of aliphatic hydroxyl groups excluding tert-OH is 1. The van der Waals surface area contributed by atoms with Crippen LogP contribution in [0.25, 0.3) is 5.70 Å². The summed E-state index contributed by atoms with van der Waals surface area (Å²) in [5.74, 6) is 0.367. The number of aliphatic hydroxyl groups is 1. The zero-order valence-electron chi connectivity index (χ0n) is 17.8. The molecule has 0 radical (unpaired) electrons. The molecule has 0 aliphatic carbocycles. The lowest BCUT2D eigenvalue weighted by Gasteiger charge is -2.40. The third kappa shape index (κ3) is 3.68. The third-order valence-corrected chi connectivity index (χ3v) is 5.81. The standard InChI is InChI=1S/C23H25N3O5/c1-23(2)19(14-24(3)10-11-27)21(18-12-16(26(29)30)8-9-20(18)31-23)25-13-15-6-4-5-7-17(15)22(25)28/h4-9,12,27H,10-11,13-14H2,1-3H3. The second kappa shape index (κ2) is 7.79. The summed E-state index contributed by atoms with van der Waals surface area (Å²) in [6.07, 6.45) is 0. The molecule has 0 spiro atoms. The average Bonchev–Trinajstić information content (AvgIpc) is 3.04. The van der Waals surface area contributed by atoms with E-state index in [1.165, 1.54) is 12.1 Å². The number of hydrogen-bond donors (Lipinski definition) is 1. The van der Waals surface area contributed by atoms with Gasteiger partial charge >= 0.3 is 0 Å². The molecule has 4 rings (SSSR count). The van der Waals surface area contributed by atoms with Gasteiger partial charge in [-0.25, -0.2) is 0 Å². The Kier molecular flexibility index (Phi) is 5.28. The van der Waals surface area contributed by atoms with Crippen LogP contribution in [0.5, 0.6) is 5.75 Å². The first-order valence-corrected chi connectivity index (χ1v) is 10.1. The summed E-state index contributed by atoms with van der Waals surface area (Å²) in [5.41, 5.74) is 2.73. The second-order valence-corrected chi connectivity index (χ2v) is 8.39. The molecular weight excluding hydrogens is 398 g/mol. The SMILES string of the molecule is CN(CCO)CC1=C(N2Cc3ccccc3C2=O)c2cc([N+](=O)[O-])ccc2OC1(C)C. The molecule has 0 saturated carbocycles. The van der Waals surface area contributed by atoms with E-state index in [-0.39, 0.29) is 18.2 Å². The van der Waals surface area contributed by atoms with E-state index < -0.39 is 10.5 Å². The van der Waals surface area contributed by atoms with Crippen LogP contribution in [0, 0.1) is 10.1 Å². The van der Waals surface area contributed by atoms with Gasteiger partial charge in [-0.3, -0.25) is 19.8 Å². The van der Waals surface area contributed by atoms with Crippen molar-refractivity contribution in [2.24, 2.45) is 0 Å². The highest BCUT2D eigenvalue weighted by molar-refractivity contribution is 6.04. The molecule has 0 unspecified atom stereocenters. The Morgan fingerprint density at radius 2 is 1.97 bits per heavy atom. The van der Waals surface area contributed by atoms with Crippen molar-refractivity contribution in [3.63, 3.8) is 0 Å². The number of benzene rings is 2. The van der Waals surface area contributed by atoms with Gasteiger partial charge in [0.25, 0.3) is 11.6 Å². The molecule has 1 N–H and O–H groups in total. The lowest BCUT2D eigenvalue weighted by Crippen LogP contribution is -2.43. The number of likely N-dealkylation sites (N-methyl/N-ethyl adjacent to an activating group) is 1. The second-order valence-electron chi connectivity index (χ2n) is 8.39. The van der Waals surface area contributed by atoms with Gasteiger partial charge in [0.15, 0.2) is 0 Å². The summed E-state index contributed by atoms with van der Waals surface area (Å²) in [7, 11) is 1.88. The Balaban J connectivity index is 1.92. The van der Waals surface area contributed by atoms with Crippen molar-refractivity contribution in [2.45, 2.75) is 26.0 Å². The predicted molar refractivity (Wildman–Crippen MR) is 116 cm³/mol. The normalized spacial score (nSPS) is 16.9. The Labute approximate surface area is 180 Å². The van der Waals surface area contributed by atoms with E-state index in [2.05, 4.69) is 0 Å². The molecule has 2 aliphatic heterocycles. The summed E-state index contributed by atoms with van der Waals surface area (Å²) in [6.45, 7) is 5.11. The summed E-state index contributed by atoms with van der Waals surface area (Å²) >= 11 is 0. The zero-order chi connectivity index (χ0) is 22.3. The first-order chi connectivity index (χ1) is 14.7. The lowest BCUT2D eigenvalue weighted by atomic mass is 9.88. The van der Waals surface area contributed by atoms with E-state index in [0.717, 1.165) is 11.1 Å². The topological polar surface area (TPSA) is 96.2 Å². The number of carbonyl (C=O) groups excluding carboxylic acids is 1. The molecule has 31 heavy (non-hydrogen) atoms. The molecular formula is C23H25N3O5. The van der Waals surface area contributed by atoms with Crippen LogP contribution in [-0.2, 0) is 6.54 Å². The average molecular weight is 423 g/mol. The van der Waals surface area contributed by atoms with Crippen LogP contribution in [0.3, 0.4) is 0 Å². The maximum Gasteiger partial charge on any atom is 0.270 e. The number of non-ortho nitro benzene ring substituents is 1. The molecule has 0 saturated heterocycles. The van der Waals surface area contributed by atoms with Crippen LogP contribution < -0.4 is 4.74 Å². The lowest BCUT2D eigenvalue weighted by molar-refractivity contribution is -0.384. The molecule has 2 aliphatic rings. The van der Waals surface area contributed by atoms with Gasteiger partial charge in [0, 0.05) is 41.9 Å². The van der Waals surface area contributed by atoms with E-state index in [0.29, 0.717) is 42.2 Å². The molecule has 0 fully saturated rings. The number of nitro benzene ring substituents is 1. The fourth-order valence-corrected chi connectivity index (χ4v) is 4.22. The van der Waals surface area contributed by atoms with Crippen LogP contribution in [0.1, 0.15) is 35.3 Å². The molecule has 2 aromatic rings. The minimum Gasteiger partial charge on any atom is -0.483 e. The number of amides is 1. The van der Waals surface area contributed by atoms with Crippen molar-refractivity contribution in [3.8, 4) is 5.75 Å². The van der Waals surface area contributed by atoms with E-state index >= 15 is 0 Å². The number of nitro groups is 1. The van der Waals surface area contributed by atoms with Gasteiger partial charge < -0.3 is 14.7 Å². The largest absolute Gasteiger partial charge is 0.483 e. The number of carbonyl (C=O) groups is 1. The number of nitrogens with zero attached hydrogens (tertiary/aromatic N) is 3. The predicted octanol–water partition coefficient (Wildman–Crippen LogP) is 3.06. The molecule has 162 valence electrons. The van der Waals surface area contributed by atoms with Gasteiger partial charge in [-0.15, -0.1) is 0 Å². The minimum atomic E-state index is -0.753. The zero-order valence-corrected chi connectivity index (χ0v) is 17.8. The van der Waals surface area contributed by atoms with Crippen LogP contribution in [0.2, 0.25) is 0 Å². The molecule has 0 bridgehead atoms. The molecule has 8 heteroatoms. The quantitative estimate of drug-likeness (QED) is 0.567. The van der Waals surface area contributed by atoms with Gasteiger partial charge in [-0.1, -0.05) is 18.2 Å². The highest BCUT2D eigenvalue weighted by Crippen LogP contribution is 2.46. The third-order valence-electron chi connectivity index (χ3n) is 5.81. The van der Waals surface area contributed by atoms with E-state index in [1.54, 1.807) is 17.0 Å². The number of fused-ring (bicyclic) bond motifs is 2. The van der Waals surface area contributed by atoms with Gasteiger partial charge in [0.05, 0.1) is 23.8 Å². The van der Waals surface area contributed by atoms with Gasteiger partial charge in [0.1, 0.15) is 11.4 Å². The fraction of sp³-hybridized carbons (Fsp3) is 0.348. The van der Waals surface area contributed by atoms with Crippen molar-refractivity contribution in [3.05, 3.63) is 74.8 Å². The molecule has 0 aromatic heterocycles. The van der Waals surface area contributed by atoms with Crippen molar-refractivity contribution in [1.82, 2.24) is 9.80 Å². The Hall–Kier alpha value is -3.23. The highest BCUT2D eigenvalue weighted by atomic mass is 16.6. The Morgan fingerprint density at radius 1 is 1.23 bits per heavy atom. The van der Waals surface area contributed by atoms with E-state index in [1.807, 2.05) is 44.0 Å². The highest BCUT2D eigenvalue weighted by Gasteiger charge is 2.41. The van der Waals surface area contributed by atoms with Crippen molar-refractivity contribution >= 4 is 17.3 Å². The number of rotatable bonds is 6. The van der Waals surface area contributed by atoms with Crippen molar-refractivity contribution in [1.29, 1.82) is 0 Å². The van der Waals surface area contributed by atoms with Crippen molar-refractivity contribution < 1.29 is 19.6 Å². The molecule has 0 atom stereocenters. The van der Waals surface area contributed by atoms with Crippen LogP contribution in [0.4, 0.5) is 5.69 Å². The molecule has 2 aromatic carbocycles. The van der Waals surface area contributed by atoms with E-state index in [4.69, 9.17) is 4.74 Å².